The SMILES string of the molecule is O=[N+]([O-])c1cc(Br)ccc1CSCCCO. The lowest BCUT2D eigenvalue weighted by Crippen LogP contribution is -1.95. The highest BCUT2D eigenvalue weighted by molar-refractivity contribution is 9.10. The highest BCUT2D eigenvalue weighted by atomic mass is 79.9. The number of thioether (sulfide) groups is 1. The lowest BCUT2D eigenvalue weighted by Gasteiger charge is -2.03. The molecule has 6 heteroatoms. The zero-order valence-electron chi connectivity index (χ0n) is 8.56. The standard InChI is InChI=1S/C10H12BrNO3S/c11-9-3-2-8(7-16-5-1-4-13)10(6-9)12(14)15/h2-3,6,13H,1,4-5,7H2. The van der Waals surface area contributed by atoms with E-state index in [9.17, 15) is 10.1 Å². The van der Waals surface area contributed by atoms with E-state index in [0.29, 0.717) is 10.2 Å². The zero-order valence-corrected chi connectivity index (χ0v) is 11.0. The number of aliphatic hydroxyl groups excluding tert-OH is 1. The van der Waals surface area contributed by atoms with Gasteiger partial charge in [-0.1, -0.05) is 22.0 Å². The Kier molecular flexibility index (Phi) is 5.79. The maximum Gasteiger partial charge on any atom is 0.274 e. The van der Waals surface area contributed by atoms with E-state index in [1.807, 2.05) is 0 Å². The monoisotopic (exact) mass is 305 g/mol. The van der Waals surface area contributed by atoms with Gasteiger partial charge in [-0.3, -0.25) is 10.1 Å². The first kappa shape index (κ1) is 13.5. The first-order valence-corrected chi connectivity index (χ1v) is 6.71. The van der Waals surface area contributed by atoms with Gasteiger partial charge in [-0.15, -0.1) is 0 Å². The molecule has 0 saturated carbocycles. The van der Waals surface area contributed by atoms with Gasteiger partial charge in [0.2, 0.25) is 0 Å². The molecule has 0 aliphatic carbocycles. The third-order valence-electron chi connectivity index (χ3n) is 1.95. The van der Waals surface area contributed by atoms with Crippen molar-refractivity contribution < 1.29 is 10.0 Å². The fraction of sp³-hybridized carbons (Fsp3) is 0.400. The summed E-state index contributed by atoms with van der Waals surface area (Å²) >= 11 is 4.80. The van der Waals surface area contributed by atoms with Crippen LogP contribution in [0.3, 0.4) is 0 Å². The zero-order chi connectivity index (χ0) is 12.0. The van der Waals surface area contributed by atoms with Crippen LogP contribution in [0.2, 0.25) is 0 Å². The number of rotatable bonds is 6. The number of nitro groups is 1. The van der Waals surface area contributed by atoms with Crippen molar-refractivity contribution in [3.05, 3.63) is 38.3 Å². The van der Waals surface area contributed by atoms with Gasteiger partial charge in [0.15, 0.2) is 0 Å². The molecule has 0 heterocycles. The normalized spacial score (nSPS) is 10.4. The Hall–Kier alpha value is -0.590. The van der Waals surface area contributed by atoms with Crippen molar-refractivity contribution in [3.8, 4) is 0 Å². The number of halogens is 1. The van der Waals surface area contributed by atoms with Crippen LogP contribution in [-0.4, -0.2) is 22.4 Å². The van der Waals surface area contributed by atoms with E-state index in [2.05, 4.69) is 15.9 Å². The number of nitrogens with zero attached hydrogens (tertiary/aromatic N) is 1. The van der Waals surface area contributed by atoms with Crippen molar-refractivity contribution in [2.45, 2.75) is 12.2 Å². The van der Waals surface area contributed by atoms with Crippen molar-refractivity contribution >= 4 is 33.4 Å². The Labute approximate surface area is 106 Å². The quantitative estimate of drug-likeness (QED) is 0.498. The minimum absolute atomic E-state index is 0.144. The van der Waals surface area contributed by atoms with Crippen molar-refractivity contribution in [3.63, 3.8) is 0 Å². The predicted octanol–water partition coefficient (Wildman–Crippen LogP) is 2.97. The minimum Gasteiger partial charge on any atom is -0.396 e. The summed E-state index contributed by atoms with van der Waals surface area (Å²) in [5.74, 6) is 1.41. The van der Waals surface area contributed by atoms with Crippen LogP contribution in [-0.2, 0) is 5.75 Å². The number of aliphatic hydroxyl groups is 1. The van der Waals surface area contributed by atoms with Crippen LogP contribution in [0.4, 0.5) is 5.69 Å². The smallest absolute Gasteiger partial charge is 0.274 e. The van der Waals surface area contributed by atoms with Crippen LogP contribution in [0.1, 0.15) is 12.0 Å². The van der Waals surface area contributed by atoms with Crippen LogP contribution in [0.25, 0.3) is 0 Å². The summed E-state index contributed by atoms with van der Waals surface area (Å²) in [5, 5.41) is 19.4. The molecule has 0 amide bonds. The number of nitro benzene ring substituents is 1. The van der Waals surface area contributed by atoms with Gasteiger partial charge in [0.1, 0.15) is 0 Å². The highest BCUT2D eigenvalue weighted by Gasteiger charge is 2.13. The van der Waals surface area contributed by atoms with E-state index in [-0.39, 0.29) is 17.2 Å². The van der Waals surface area contributed by atoms with E-state index in [0.717, 1.165) is 17.7 Å². The molecule has 16 heavy (non-hydrogen) atoms. The topological polar surface area (TPSA) is 63.4 Å². The van der Waals surface area contributed by atoms with Gasteiger partial charge in [0.05, 0.1) is 4.92 Å². The summed E-state index contributed by atoms with van der Waals surface area (Å²) in [5.41, 5.74) is 0.863. The average molecular weight is 306 g/mol. The Morgan fingerprint density at radius 3 is 2.88 bits per heavy atom. The summed E-state index contributed by atoms with van der Waals surface area (Å²) in [6.45, 7) is 0.162. The van der Waals surface area contributed by atoms with Crippen LogP contribution in [0.15, 0.2) is 22.7 Å². The lowest BCUT2D eigenvalue weighted by atomic mass is 10.2. The fourth-order valence-electron chi connectivity index (χ4n) is 1.18. The van der Waals surface area contributed by atoms with E-state index in [1.165, 1.54) is 6.07 Å². The van der Waals surface area contributed by atoms with Crippen LogP contribution in [0, 0.1) is 10.1 Å². The maximum atomic E-state index is 10.8. The Bertz CT molecular complexity index is 373. The number of hydrogen-bond acceptors (Lipinski definition) is 4. The van der Waals surface area contributed by atoms with Gasteiger partial charge in [-0.2, -0.15) is 11.8 Å². The number of benzene rings is 1. The van der Waals surface area contributed by atoms with Crippen molar-refractivity contribution in [2.75, 3.05) is 12.4 Å². The summed E-state index contributed by atoms with van der Waals surface area (Å²) in [6, 6.07) is 5.07. The molecular formula is C10H12BrNO3S. The minimum atomic E-state index is -0.368. The van der Waals surface area contributed by atoms with E-state index in [4.69, 9.17) is 5.11 Å². The lowest BCUT2D eigenvalue weighted by molar-refractivity contribution is -0.385. The molecule has 88 valence electrons. The molecule has 1 aromatic carbocycles. The molecule has 0 aliphatic rings. The van der Waals surface area contributed by atoms with Gasteiger partial charge in [-0.25, -0.2) is 0 Å². The third kappa shape index (κ3) is 4.11. The molecule has 0 unspecified atom stereocenters. The van der Waals surface area contributed by atoms with Crippen LogP contribution >= 0.6 is 27.7 Å². The van der Waals surface area contributed by atoms with Gasteiger partial charge >= 0.3 is 0 Å². The van der Waals surface area contributed by atoms with Crippen molar-refractivity contribution in [1.29, 1.82) is 0 Å². The van der Waals surface area contributed by atoms with Gasteiger partial charge < -0.3 is 5.11 Å². The molecular weight excluding hydrogens is 294 g/mol. The second kappa shape index (κ2) is 6.88. The first-order valence-electron chi connectivity index (χ1n) is 4.76. The Balaban J connectivity index is 2.67. The highest BCUT2D eigenvalue weighted by Crippen LogP contribution is 2.26. The van der Waals surface area contributed by atoms with E-state index in [1.54, 1.807) is 23.9 Å². The second-order valence-electron chi connectivity index (χ2n) is 3.16. The van der Waals surface area contributed by atoms with Crippen LogP contribution < -0.4 is 0 Å². The molecule has 1 aromatic rings. The van der Waals surface area contributed by atoms with Crippen LogP contribution in [0.5, 0.6) is 0 Å². The first-order chi connectivity index (χ1) is 7.65. The molecule has 0 radical (unpaired) electrons. The van der Waals surface area contributed by atoms with Gasteiger partial charge in [-0.05, 0) is 18.2 Å². The van der Waals surface area contributed by atoms with Gasteiger partial charge in [0, 0.05) is 28.5 Å². The molecule has 0 saturated heterocycles. The van der Waals surface area contributed by atoms with E-state index >= 15 is 0 Å². The molecule has 0 aromatic heterocycles. The van der Waals surface area contributed by atoms with Crippen molar-refractivity contribution in [1.82, 2.24) is 0 Å². The Morgan fingerprint density at radius 1 is 1.50 bits per heavy atom. The largest absolute Gasteiger partial charge is 0.396 e. The second-order valence-corrected chi connectivity index (χ2v) is 5.18. The van der Waals surface area contributed by atoms with Crippen molar-refractivity contribution in [2.24, 2.45) is 0 Å². The molecule has 1 rings (SSSR count). The third-order valence-corrected chi connectivity index (χ3v) is 3.53. The molecule has 0 spiro atoms. The number of hydrogen-bond donors (Lipinski definition) is 1. The van der Waals surface area contributed by atoms with E-state index < -0.39 is 0 Å². The molecule has 1 N–H and O–H groups in total. The summed E-state index contributed by atoms with van der Waals surface area (Å²) in [6.07, 6.45) is 0.717. The maximum absolute atomic E-state index is 10.8. The average Bonchev–Trinajstić information content (AvgIpc) is 2.26. The molecule has 0 fully saturated rings. The predicted molar refractivity (Wildman–Crippen MR) is 68.7 cm³/mol. The summed E-state index contributed by atoms with van der Waals surface area (Å²) in [4.78, 5) is 10.4. The summed E-state index contributed by atoms with van der Waals surface area (Å²) < 4.78 is 0.711. The molecule has 4 nitrogen and oxygen atoms in total. The summed E-state index contributed by atoms with van der Waals surface area (Å²) in [7, 11) is 0. The Morgan fingerprint density at radius 2 is 2.25 bits per heavy atom. The molecule has 0 atom stereocenters. The van der Waals surface area contributed by atoms with Gasteiger partial charge in [0.25, 0.3) is 5.69 Å². The molecule has 0 aliphatic heterocycles. The molecule has 0 bridgehead atoms. The fourth-order valence-corrected chi connectivity index (χ4v) is 2.47.